The van der Waals surface area contributed by atoms with Crippen LogP contribution in [-0.4, -0.2) is 15.2 Å². The summed E-state index contributed by atoms with van der Waals surface area (Å²) in [7, 11) is 0. The third kappa shape index (κ3) is 1.75. The fourth-order valence-corrected chi connectivity index (χ4v) is 1.66. The van der Waals surface area contributed by atoms with Gasteiger partial charge in [-0.05, 0) is 38.2 Å². The highest BCUT2D eigenvalue weighted by molar-refractivity contribution is 7.71. The van der Waals surface area contributed by atoms with Crippen molar-refractivity contribution in [3.63, 3.8) is 0 Å². The lowest BCUT2D eigenvalue weighted by molar-refractivity contribution is 1.08. The number of hydrogen-bond acceptors (Lipinski definition) is 2. The normalized spacial score (nSPS) is 10.4. The minimum absolute atomic E-state index is 0.485. The number of aromatic amines is 2. The van der Waals surface area contributed by atoms with Gasteiger partial charge in [0.2, 0.25) is 4.77 Å². The van der Waals surface area contributed by atoms with E-state index in [9.17, 15) is 0 Å². The Bertz CT molecular complexity index is 490. The molecule has 72 valence electrons. The Kier molecular flexibility index (Phi) is 2.21. The van der Waals surface area contributed by atoms with Gasteiger partial charge in [0.05, 0.1) is 0 Å². The van der Waals surface area contributed by atoms with Crippen molar-refractivity contribution in [3.8, 4) is 11.4 Å². The van der Waals surface area contributed by atoms with E-state index < -0.39 is 0 Å². The minimum atomic E-state index is 0.485. The van der Waals surface area contributed by atoms with Gasteiger partial charge in [-0.25, -0.2) is 0 Å². The summed E-state index contributed by atoms with van der Waals surface area (Å²) in [6, 6.07) is 6.29. The number of aromatic nitrogens is 3. The molecule has 4 heteroatoms. The van der Waals surface area contributed by atoms with Crippen molar-refractivity contribution in [1.82, 2.24) is 15.2 Å². The van der Waals surface area contributed by atoms with E-state index in [2.05, 4.69) is 47.2 Å². The Morgan fingerprint density at radius 1 is 1.07 bits per heavy atom. The summed E-state index contributed by atoms with van der Waals surface area (Å²) in [4.78, 5) is 4.17. The van der Waals surface area contributed by atoms with Crippen molar-refractivity contribution in [2.24, 2.45) is 0 Å². The Morgan fingerprint density at radius 3 is 2.21 bits per heavy atom. The van der Waals surface area contributed by atoms with Crippen LogP contribution in [0.15, 0.2) is 18.2 Å². The quantitative estimate of drug-likeness (QED) is 0.703. The second-order valence-corrected chi connectivity index (χ2v) is 3.78. The molecule has 0 aliphatic rings. The molecule has 0 saturated heterocycles. The zero-order valence-electron chi connectivity index (χ0n) is 8.09. The van der Waals surface area contributed by atoms with Gasteiger partial charge in [-0.3, -0.25) is 10.2 Å². The van der Waals surface area contributed by atoms with Crippen molar-refractivity contribution in [3.05, 3.63) is 34.1 Å². The van der Waals surface area contributed by atoms with E-state index in [4.69, 9.17) is 12.2 Å². The smallest absolute Gasteiger partial charge is 0.213 e. The minimum Gasteiger partial charge on any atom is -0.282 e. The summed E-state index contributed by atoms with van der Waals surface area (Å²) >= 11 is 4.90. The van der Waals surface area contributed by atoms with Gasteiger partial charge in [-0.15, -0.1) is 0 Å². The van der Waals surface area contributed by atoms with E-state index in [1.807, 2.05) is 0 Å². The molecule has 0 unspecified atom stereocenters. The van der Waals surface area contributed by atoms with Crippen LogP contribution in [0.1, 0.15) is 11.1 Å². The van der Waals surface area contributed by atoms with Gasteiger partial charge in [-0.1, -0.05) is 17.2 Å². The summed E-state index contributed by atoms with van der Waals surface area (Å²) in [5.41, 5.74) is 3.51. The van der Waals surface area contributed by atoms with Gasteiger partial charge < -0.3 is 0 Å². The molecule has 1 heterocycles. The number of nitrogens with zero attached hydrogens (tertiary/aromatic N) is 1. The number of rotatable bonds is 1. The molecule has 0 radical (unpaired) electrons. The Hall–Kier alpha value is -1.42. The van der Waals surface area contributed by atoms with Crippen LogP contribution in [0.25, 0.3) is 11.4 Å². The summed E-state index contributed by atoms with van der Waals surface area (Å²) in [5, 5.41) is 5.72. The number of aryl methyl sites for hydroxylation is 2. The lowest BCUT2D eigenvalue weighted by Gasteiger charge is -2.00. The van der Waals surface area contributed by atoms with E-state index in [-0.39, 0.29) is 0 Å². The highest BCUT2D eigenvalue weighted by atomic mass is 32.1. The molecular weight excluding hydrogens is 194 g/mol. The van der Waals surface area contributed by atoms with Crippen molar-refractivity contribution in [2.75, 3.05) is 0 Å². The maximum atomic E-state index is 4.90. The van der Waals surface area contributed by atoms with Crippen molar-refractivity contribution in [1.29, 1.82) is 0 Å². The molecule has 0 bridgehead atoms. The van der Waals surface area contributed by atoms with Gasteiger partial charge in [0.15, 0.2) is 5.82 Å². The standard InChI is InChI=1S/C10H11N3S/c1-6-3-7(2)5-8(4-6)9-11-10(14)13-12-9/h3-5H,1-2H3,(H2,11,12,13,14). The Morgan fingerprint density at radius 2 is 1.71 bits per heavy atom. The fraction of sp³-hybridized carbons (Fsp3) is 0.200. The van der Waals surface area contributed by atoms with Gasteiger partial charge in [-0.2, -0.15) is 4.98 Å². The third-order valence-electron chi connectivity index (χ3n) is 2.00. The monoisotopic (exact) mass is 205 g/mol. The van der Waals surface area contributed by atoms with E-state index in [0.29, 0.717) is 4.77 Å². The highest BCUT2D eigenvalue weighted by Crippen LogP contribution is 2.17. The molecule has 0 saturated carbocycles. The summed E-state index contributed by atoms with van der Waals surface area (Å²) in [6.45, 7) is 4.13. The Balaban J connectivity index is 2.56. The maximum absolute atomic E-state index is 4.90. The van der Waals surface area contributed by atoms with Gasteiger partial charge >= 0.3 is 0 Å². The predicted octanol–water partition coefficient (Wildman–Crippen LogP) is 2.75. The second kappa shape index (κ2) is 3.38. The number of nitrogens with one attached hydrogen (secondary N) is 2. The van der Waals surface area contributed by atoms with E-state index in [0.717, 1.165) is 11.4 Å². The predicted molar refractivity (Wildman–Crippen MR) is 58.7 cm³/mol. The maximum Gasteiger partial charge on any atom is 0.213 e. The first kappa shape index (κ1) is 9.15. The van der Waals surface area contributed by atoms with E-state index >= 15 is 0 Å². The first-order valence-corrected chi connectivity index (χ1v) is 4.79. The van der Waals surface area contributed by atoms with E-state index in [1.54, 1.807) is 0 Å². The summed E-state index contributed by atoms with van der Waals surface area (Å²) < 4.78 is 0.485. The molecule has 1 aromatic carbocycles. The highest BCUT2D eigenvalue weighted by Gasteiger charge is 2.01. The van der Waals surface area contributed by atoms with Crippen LogP contribution in [-0.2, 0) is 0 Å². The molecule has 3 nitrogen and oxygen atoms in total. The first-order chi connectivity index (χ1) is 6.65. The van der Waals surface area contributed by atoms with E-state index in [1.165, 1.54) is 11.1 Å². The van der Waals surface area contributed by atoms with Crippen molar-refractivity contribution in [2.45, 2.75) is 13.8 Å². The average molecular weight is 205 g/mol. The molecule has 14 heavy (non-hydrogen) atoms. The molecule has 0 fully saturated rings. The van der Waals surface area contributed by atoms with Crippen LogP contribution in [0.4, 0.5) is 0 Å². The van der Waals surface area contributed by atoms with Gasteiger partial charge in [0.1, 0.15) is 0 Å². The van der Waals surface area contributed by atoms with Crippen molar-refractivity contribution < 1.29 is 0 Å². The van der Waals surface area contributed by atoms with Gasteiger partial charge in [0.25, 0.3) is 0 Å². The second-order valence-electron chi connectivity index (χ2n) is 3.39. The topological polar surface area (TPSA) is 44.5 Å². The van der Waals surface area contributed by atoms with Crippen LogP contribution in [0.3, 0.4) is 0 Å². The number of benzene rings is 1. The largest absolute Gasteiger partial charge is 0.282 e. The lowest BCUT2D eigenvalue weighted by atomic mass is 10.1. The first-order valence-electron chi connectivity index (χ1n) is 4.38. The van der Waals surface area contributed by atoms with Crippen LogP contribution >= 0.6 is 12.2 Å². The molecule has 0 atom stereocenters. The molecule has 0 aliphatic carbocycles. The molecule has 0 spiro atoms. The Labute approximate surface area is 87.2 Å². The van der Waals surface area contributed by atoms with Crippen LogP contribution in [0.2, 0.25) is 0 Å². The fourth-order valence-electron chi connectivity index (χ4n) is 1.52. The van der Waals surface area contributed by atoms with Gasteiger partial charge in [0, 0.05) is 5.56 Å². The summed E-state index contributed by atoms with van der Waals surface area (Å²) in [5.74, 6) is 0.793. The lowest BCUT2D eigenvalue weighted by Crippen LogP contribution is -1.84. The SMILES string of the molecule is Cc1cc(C)cc(-c2nc(=S)[nH][nH]2)c1. The van der Waals surface area contributed by atoms with Crippen LogP contribution in [0, 0.1) is 18.6 Å². The molecule has 2 rings (SSSR count). The summed E-state index contributed by atoms with van der Waals surface area (Å²) in [6.07, 6.45) is 0. The number of H-pyrrole nitrogens is 2. The zero-order valence-corrected chi connectivity index (χ0v) is 8.90. The molecule has 0 aliphatic heterocycles. The third-order valence-corrected chi connectivity index (χ3v) is 2.19. The molecular formula is C10H11N3S. The zero-order chi connectivity index (χ0) is 10.1. The number of hydrogen-bond donors (Lipinski definition) is 2. The molecule has 2 N–H and O–H groups in total. The van der Waals surface area contributed by atoms with Crippen LogP contribution in [0.5, 0.6) is 0 Å². The van der Waals surface area contributed by atoms with Crippen molar-refractivity contribution >= 4 is 12.2 Å². The molecule has 2 aromatic rings. The molecule has 0 amide bonds. The molecule has 1 aromatic heterocycles. The van der Waals surface area contributed by atoms with Crippen LogP contribution < -0.4 is 0 Å². The average Bonchev–Trinajstić information content (AvgIpc) is 2.50.